The van der Waals surface area contributed by atoms with Gasteiger partial charge in [-0.15, -0.1) is 0 Å². The minimum absolute atomic E-state index is 0.0346. The lowest BCUT2D eigenvalue weighted by molar-refractivity contribution is -0.386. The lowest BCUT2D eigenvalue weighted by Crippen LogP contribution is -2.50. The SMILES string of the molecule is CC(C)Oc1cc(N2CC[C@]3(CCCN3C(=O)OC(C)(C)C)C2)ccc1[N+](=O)[O-]. The number of anilines is 1. The fraction of sp³-hybridized carbons (Fsp3) is 0.667. The lowest BCUT2D eigenvalue weighted by Gasteiger charge is -2.36. The Morgan fingerprint density at radius 2 is 1.97 bits per heavy atom. The van der Waals surface area contributed by atoms with Crippen LogP contribution < -0.4 is 9.64 Å². The Labute approximate surface area is 171 Å². The highest BCUT2D eigenvalue weighted by Gasteiger charge is 2.49. The summed E-state index contributed by atoms with van der Waals surface area (Å²) in [4.78, 5) is 27.7. The van der Waals surface area contributed by atoms with Gasteiger partial charge in [-0.2, -0.15) is 0 Å². The molecule has 1 atom stereocenters. The molecule has 2 aliphatic heterocycles. The standard InChI is InChI=1S/C21H31N3O5/c1-15(2)28-18-13-16(7-8-17(18)24(26)27)22-12-10-21(14-22)9-6-11-23(21)19(25)29-20(3,4)5/h7-8,13,15H,6,9-12,14H2,1-5H3/t21-/m1/s1. The highest BCUT2D eigenvalue weighted by Crippen LogP contribution is 2.41. The number of nitro benzene ring substituents is 1. The van der Waals surface area contributed by atoms with Gasteiger partial charge < -0.3 is 19.3 Å². The van der Waals surface area contributed by atoms with Crippen LogP contribution in [0, 0.1) is 10.1 Å². The van der Waals surface area contributed by atoms with Gasteiger partial charge in [-0.25, -0.2) is 4.79 Å². The minimum atomic E-state index is -0.527. The molecule has 1 aromatic rings. The predicted octanol–water partition coefficient (Wildman–Crippen LogP) is 4.36. The molecule has 0 aromatic heterocycles. The summed E-state index contributed by atoms with van der Waals surface area (Å²) in [6.07, 6.45) is 2.32. The second-order valence-corrected chi connectivity index (χ2v) is 9.21. The zero-order valence-electron chi connectivity index (χ0n) is 17.9. The van der Waals surface area contributed by atoms with Crippen LogP contribution in [-0.4, -0.2) is 52.8 Å². The van der Waals surface area contributed by atoms with E-state index in [0.29, 0.717) is 13.1 Å². The van der Waals surface area contributed by atoms with Crippen LogP contribution in [0.15, 0.2) is 18.2 Å². The van der Waals surface area contributed by atoms with Crippen LogP contribution in [-0.2, 0) is 4.74 Å². The summed E-state index contributed by atoms with van der Waals surface area (Å²) in [6.45, 7) is 11.5. The van der Waals surface area contributed by atoms with E-state index < -0.39 is 10.5 Å². The third-order valence-electron chi connectivity index (χ3n) is 5.41. The molecule has 29 heavy (non-hydrogen) atoms. The van der Waals surface area contributed by atoms with E-state index >= 15 is 0 Å². The van der Waals surface area contributed by atoms with Crippen molar-refractivity contribution >= 4 is 17.5 Å². The van der Waals surface area contributed by atoms with Crippen LogP contribution in [0.2, 0.25) is 0 Å². The van der Waals surface area contributed by atoms with E-state index in [2.05, 4.69) is 4.90 Å². The van der Waals surface area contributed by atoms with E-state index in [4.69, 9.17) is 9.47 Å². The number of amides is 1. The van der Waals surface area contributed by atoms with Crippen molar-refractivity contribution in [1.29, 1.82) is 0 Å². The summed E-state index contributed by atoms with van der Waals surface area (Å²) in [5, 5.41) is 11.3. The topological polar surface area (TPSA) is 85.2 Å². The number of hydrogen-bond acceptors (Lipinski definition) is 6. The molecule has 0 radical (unpaired) electrons. The molecule has 0 unspecified atom stereocenters. The molecule has 0 saturated carbocycles. The summed E-state index contributed by atoms with van der Waals surface area (Å²) >= 11 is 0. The van der Waals surface area contributed by atoms with E-state index in [1.807, 2.05) is 39.5 Å². The summed E-state index contributed by atoms with van der Waals surface area (Å²) < 4.78 is 11.3. The molecule has 1 amide bonds. The van der Waals surface area contributed by atoms with Gasteiger partial charge in [0, 0.05) is 37.5 Å². The van der Waals surface area contributed by atoms with Gasteiger partial charge in [0.15, 0.2) is 5.75 Å². The number of hydrogen-bond donors (Lipinski definition) is 0. The number of carbonyl (C=O) groups excluding carboxylic acids is 1. The Kier molecular flexibility index (Phi) is 5.65. The molecule has 8 heteroatoms. The van der Waals surface area contributed by atoms with Gasteiger partial charge in [0.2, 0.25) is 0 Å². The number of carbonyl (C=O) groups is 1. The van der Waals surface area contributed by atoms with Crippen molar-refractivity contribution in [3.05, 3.63) is 28.3 Å². The summed E-state index contributed by atoms with van der Waals surface area (Å²) in [5.41, 5.74) is 0.0656. The third-order valence-corrected chi connectivity index (χ3v) is 5.41. The first-order chi connectivity index (χ1) is 13.5. The van der Waals surface area contributed by atoms with Crippen molar-refractivity contribution < 1.29 is 19.2 Å². The lowest BCUT2D eigenvalue weighted by atomic mass is 9.95. The molecule has 2 fully saturated rings. The van der Waals surface area contributed by atoms with Crippen LogP contribution in [0.3, 0.4) is 0 Å². The van der Waals surface area contributed by atoms with Crippen molar-refractivity contribution in [3.8, 4) is 5.75 Å². The molecular weight excluding hydrogens is 374 g/mol. The van der Waals surface area contributed by atoms with E-state index in [9.17, 15) is 14.9 Å². The first kappa shape index (κ1) is 21.2. The maximum atomic E-state index is 12.8. The Hall–Kier alpha value is -2.51. The Bertz CT molecular complexity index is 789. The second kappa shape index (κ2) is 7.72. The molecule has 0 bridgehead atoms. The zero-order valence-corrected chi connectivity index (χ0v) is 17.9. The maximum absolute atomic E-state index is 12.8. The number of nitrogens with zero attached hydrogens (tertiary/aromatic N) is 3. The highest BCUT2D eigenvalue weighted by molar-refractivity contribution is 5.70. The number of nitro groups is 1. The van der Waals surface area contributed by atoms with Crippen LogP contribution in [0.1, 0.15) is 53.9 Å². The molecule has 3 rings (SSSR count). The van der Waals surface area contributed by atoms with Gasteiger partial charge in [0.05, 0.1) is 16.6 Å². The third kappa shape index (κ3) is 4.57. The van der Waals surface area contributed by atoms with Crippen molar-refractivity contribution in [1.82, 2.24) is 4.90 Å². The molecule has 0 N–H and O–H groups in total. The van der Waals surface area contributed by atoms with Gasteiger partial charge in [-0.1, -0.05) is 0 Å². The zero-order chi connectivity index (χ0) is 21.4. The smallest absolute Gasteiger partial charge is 0.410 e. The van der Waals surface area contributed by atoms with Crippen LogP contribution in [0.4, 0.5) is 16.2 Å². The van der Waals surface area contributed by atoms with E-state index in [1.165, 1.54) is 6.07 Å². The first-order valence-corrected chi connectivity index (χ1v) is 10.2. The molecule has 160 valence electrons. The predicted molar refractivity (Wildman–Crippen MR) is 111 cm³/mol. The molecule has 2 heterocycles. The Balaban J connectivity index is 1.81. The number of likely N-dealkylation sites (tertiary alicyclic amines) is 1. The van der Waals surface area contributed by atoms with Gasteiger partial charge in [0.1, 0.15) is 5.60 Å². The first-order valence-electron chi connectivity index (χ1n) is 10.2. The van der Waals surface area contributed by atoms with Crippen LogP contribution >= 0.6 is 0 Å². The summed E-state index contributed by atoms with van der Waals surface area (Å²) in [6, 6.07) is 5.00. The Morgan fingerprint density at radius 1 is 1.24 bits per heavy atom. The van der Waals surface area contributed by atoms with Crippen molar-refractivity contribution in [2.24, 2.45) is 0 Å². The normalized spacial score (nSPS) is 21.9. The molecule has 0 aliphatic carbocycles. The van der Waals surface area contributed by atoms with Gasteiger partial charge in [-0.3, -0.25) is 10.1 Å². The van der Waals surface area contributed by atoms with E-state index in [-0.39, 0.29) is 29.2 Å². The monoisotopic (exact) mass is 405 g/mol. The van der Waals surface area contributed by atoms with Crippen molar-refractivity contribution in [2.45, 2.75) is 71.1 Å². The van der Waals surface area contributed by atoms with E-state index in [1.54, 1.807) is 12.1 Å². The quantitative estimate of drug-likeness (QED) is 0.546. The van der Waals surface area contributed by atoms with Crippen molar-refractivity contribution in [3.63, 3.8) is 0 Å². The average molecular weight is 405 g/mol. The van der Waals surface area contributed by atoms with Gasteiger partial charge in [-0.05, 0) is 59.9 Å². The largest absolute Gasteiger partial charge is 0.484 e. The van der Waals surface area contributed by atoms with Gasteiger partial charge >= 0.3 is 11.8 Å². The summed E-state index contributed by atoms with van der Waals surface area (Å²) in [5.74, 6) is 0.277. The van der Waals surface area contributed by atoms with Crippen LogP contribution in [0.5, 0.6) is 5.75 Å². The number of benzene rings is 1. The van der Waals surface area contributed by atoms with E-state index in [0.717, 1.165) is 31.5 Å². The Morgan fingerprint density at radius 3 is 2.59 bits per heavy atom. The second-order valence-electron chi connectivity index (χ2n) is 9.21. The molecule has 2 saturated heterocycles. The molecule has 1 aromatic carbocycles. The molecule has 1 spiro atoms. The maximum Gasteiger partial charge on any atom is 0.410 e. The molecular formula is C21H31N3O5. The van der Waals surface area contributed by atoms with Crippen LogP contribution in [0.25, 0.3) is 0 Å². The molecule has 2 aliphatic rings. The fourth-order valence-corrected chi connectivity index (χ4v) is 4.24. The highest BCUT2D eigenvalue weighted by atomic mass is 16.6. The van der Waals surface area contributed by atoms with Crippen molar-refractivity contribution in [2.75, 3.05) is 24.5 Å². The minimum Gasteiger partial charge on any atom is -0.484 e. The average Bonchev–Trinajstić information content (AvgIpc) is 3.20. The molecule has 8 nitrogen and oxygen atoms in total. The summed E-state index contributed by atoms with van der Waals surface area (Å²) in [7, 11) is 0. The van der Waals surface area contributed by atoms with Gasteiger partial charge in [0.25, 0.3) is 0 Å². The number of rotatable bonds is 4. The fourth-order valence-electron chi connectivity index (χ4n) is 4.24. The number of ether oxygens (including phenoxy) is 2.